The van der Waals surface area contributed by atoms with Crippen LogP contribution in [-0.2, 0) is 4.79 Å². The minimum atomic E-state index is -0.112. The normalized spacial score (nSPS) is 13.6. The van der Waals surface area contributed by atoms with Crippen molar-refractivity contribution in [2.45, 2.75) is 24.2 Å². The predicted octanol–water partition coefficient (Wildman–Crippen LogP) is 2.67. The van der Waals surface area contributed by atoms with Gasteiger partial charge in [-0.3, -0.25) is 4.79 Å². The summed E-state index contributed by atoms with van der Waals surface area (Å²) in [6.07, 6.45) is 0. The number of anilines is 1. The maximum Gasteiger partial charge on any atom is 0.231 e. The molecule has 0 bridgehead atoms. The molecule has 0 spiro atoms. The summed E-state index contributed by atoms with van der Waals surface area (Å²) in [5, 5.41) is 14.9. The minimum absolute atomic E-state index is 0.0506. The zero-order valence-electron chi connectivity index (χ0n) is 13.4. The van der Waals surface area contributed by atoms with Crippen LogP contribution in [0.4, 0.5) is 5.13 Å². The monoisotopic (exact) mass is 366 g/mol. The number of nitrogens with one attached hydrogen (secondary N) is 2. The van der Waals surface area contributed by atoms with Gasteiger partial charge in [-0.25, -0.2) is 0 Å². The van der Waals surface area contributed by atoms with Crippen molar-refractivity contribution in [1.82, 2.24) is 15.5 Å². The van der Waals surface area contributed by atoms with Crippen LogP contribution < -0.4 is 20.1 Å². The summed E-state index contributed by atoms with van der Waals surface area (Å²) in [4.78, 5) is 12.1. The van der Waals surface area contributed by atoms with Gasteiger partial charge in [0.25, 0.3) is 0 Å². The molecule has 0 unspecified atom stereocenters. The molecule has 1 aromatic heterocycles. The Bertz CT molecular complexity index is 722. The van der Waals surface area contributed by atoms with Crippen LogP contribution in [0.3, 0.4) is 0 Å². The first-order valence-corrected chi connectivity index (χ1v) is 9.35. The Morgan fingerprint density at radius 2 is 2.21 bits per heavy atom. The average Bonchev–Trinajstić information content (AvgIpc) is 3.21. The second kappa shape index (κ2) is 7.71. The average molecular weight is 366 g/mol. The van der Waals surface area contributed by atoms with E-state index in [0.29, 0.717) is 11.5 Å². The number of nitrogens with zero attached hydrogens (tertiary/aromatic N) is 2. The van der Waals surface area contributed by atoms with Gasteiger partial charge in [-0.1, -0.05) is 29.2 Å². The molecular formula is C15H18N4O3S2. The molecule has 1 amide bonds. The lowest BCUT2D eigenvalue weighted by atomic mass is 10.1. The molecule has 3 rings (SSSR count). The second-order valence-electron chi connectivity index (χ2n) is 5.09. The van der Waals surface area contributed by atoms with E-state index in [1.54, 1.807) is 0 Å². The van der Waals surface area contributed by atoms with E-state index in [1.165, 1.54) is 23.1 Å². The largest absolute Gasteiger partial charge is 0.454 e. The molecule has 0 saturated heterocycles. The number of aromatic nitrogens is 2. The van der Waals surface area contributed by atoms with Crippen molar-refractivity contribution in [3.8, 4) is 11.5 Å². The number of ether oxygens (including phenoxy) is 2. The fraction of sp³-hybridized carbons (Fsp3) is 0.400. The quantitative estimate of drug-likeness (QED) is 0.729. The van der Waals surface area contributed by atoms with Crippen molar-refractivity contribution in [3.05, 3.63) is 23.8 Å². The van der Waals surface area contributed by atoms with Crippen LogP contribution in [0.1, 0.15) is 25.5 Å². The van der Waals surface area contributed by atoms with Gasteiger partial charge in [0.1, 0.15) is 0 Å². The molecule has 2 N–H and O–H groups in total. The third-order valence-corrected chi connectivity index (χ3v) is 5.35. The van der Waals surface area contributed by atoms with Gasteiger partial charge >= 0.3 is 0 Å². The first kappa shape index (κ1) is 16.8. The highest BCUT2D eigenvalue weighted by Gasteiger charge is 2.17. The third-order valence-electron chi connectivity index (χ3n) is 3.34. The molecule has 9 heteroatoms. The van der Waals surface area contributed by atoms with E-state index in [0.717, 1.165) is 27.3 Å². The van der Waals surface area contributed by atoms with Gasteiger partial charge in [0.15, 0.2) is 15.8 Å². The summed E-state index contributed by atoms with van der Waals surface area (Å²) < 4.78 is 11.4. The number of carbonyl (C=O) groups is 1. The Balaban J connectivity index is 1.50. The van der Waals surface area contributed by atoms with Crippen LogP contribution in [-0.4, -0.2) is 35.2 Å². The Kier molecular flexibility index (Phi) is 5.41. The first-order valence-electron chi connectivity index (χ1n) is 7.54. The number of hydrogen-bond donors (Lipinski definition) is 2. The lowest BCUT2D eigenvalue weighted by molar-refractivity contribution is -0.119. The van der Waals surface area contributed by atoms with Gasteiger partial charge in [0.2, 0.25) is 17.8 Å². The number of benzene rings is 1. The molecule has 24 heavy (non-hydrogen) atoms. The molecule has 1 aromatic carbocycles. The highest BCUT2D eigenvalue weighted by molar-refractivity contribution is 8.01. The predicted molar refractivity (Wildman–Crippen MR) is 93.9 cm³/mol. The van der Waals surface area contributed by atoms with Gasteiger partial charge in [-0.2, -0.15) is 0 Å². The van der Waals surface area contributed by atoms with E-state index in [9.17, 15) is 4.79 Å². The van der Waals surface area contributed by atoms with Crippen molar-refractivity contribution >= 4 is 34.1 Å². The SMILES string of the molecule is CCNc1nnc(SCC(=O)N[C@@H](C)c2ccc3c(c2)OCO3)s1. The molecular weight excluding hydrogens is 348 g/mol. The van der Waals surface area contributed by atoms with E-state index in [-0.39, 0.29) is 18.7 Å². The second-order valence-corrected chi connectivity index (χ2v) is 7.29. The highest BCUT2D eigenvalue weighted by Crippen LogP contribution is 2.34. The summed E-state index contributed by atoms with van der Waals surface area (Å²) in [7, 11) is 0. The lowest BCUT2D eigenvalue weighted by Gasteiger charge is -2.14. The number of amides is 1. The molecule has 0 radical (unpaired) electrons. The van der Waals surface area contributed by atoms with E-state index >= 15 is 0 Å². The van der Waals surface area contributed by atoms with Crippen molar-refractivity contribution in [1.29, 1.82) is 0 Å². The molecule has 1 atom stereocenters. The Morgan fingerprint density at radius 3 is 3.04 bits per heavy atom. The molecule has 0 fully saturated rings. The standard InChI is InChI=1S/C15H18N4O3S2/c1-3-16-14-18-19-15(24-14)23-7-13(20)17-9(2)10-4-5-11-12(6-10)22-8-21-11/h4-6,9H,3,7-8H2,1-2H3,(H,16,18)(H,17,20)/t9-/m0/s1. The number of rotatable bonds is 7. The Morgan fingerprint density at radius 1 is 1.38 bits per heavy atom. The first-order chi connectivity index (χ1) is 11.7. The van der Waals surface area contributed by atoms with Gasteiger partial charge in [-0.15, -0.1) is 10.2 Å². The maximum atomic E-state index is 12.1. The summed E-state index contributed by atoms with van der Waals surface area (Å²) in [6, 6.07) is 5.57. The lowest BCUT2D eigenvalue weighted by Crippen LogP contribution is -2.28. The molecule has 128 valence electrons. The highest BCUT2D eigenvalue weighted by atomic mass is 32.2. The molecule has 0 aliphatic carbocycles. The minimum Gasteiger partial charge on any atom is -0.454 e. The summed E-state index contributed by atoms with van der Waals surface area (Å²) in [5.74, 6) is 1.70. The van der Waals surface area contributed by atoms with Crippen molar-refractivity contribution in [2.24, 2.45) is 0 Å². The third kappa shape index (κ3) is 4.09. The van der Waals surface area contributed by atoms with Crippen LogP contribution >= 0.6 is 23.1 Å². The van der Waals surface area contributed by atoms with E-state index in [1.807, 2.05) is 32.0 Å². The van der Waals surface area contributed by atoms with Gasteiger partial charge < -0.3 is 20.1 Å². The molecule has 1 aliphatic rings. The molecule has 1 aliphatic heterocycles. The van der Waals surface area contributed by atoms with Gasteiger partial charge in [0.05, 0.1) is 11.8 Å². The fourth-order valence-corrected chi connectivity index (χ4v) is 3.80. The Hall–Kier alpha value is -2.00. The van der Waals surface area contributed by atoms with Crippen molar-refractivity contribution in [2.75, 3.05) is 24.4 Å². The molecule has 2 heterocycles. The van der Waals surface area contributed by atoms with E-state index in [4.69, 9.17) is 9.47 Å². The topological polar surface area (TPSA) is 85.4 Å². The summed E-state index contributed by atoms with van der Waals surface area (Å²) >= 11 is 2.83. The fourth-order valence-electron chi connectivity index (χ4n) is 2.17. The smallest absolute Gasteiger partial charge is 0.231 e. The number of carbonyl (C=O) groups excluding carboxylic acids is 1. The number of fused-ring (bicyclic) bond motifs is 1. The van der Waals surface area contributed by atoms with Crippen molar-refractivity contribution in [3.63, 3.8) is 0 Å². The van der Waals surface area contributed by atoms with Crippen molar-refractivity contribution < 1.29 is 14.3 Å². The molecule has 7 nitrogen and oxygen atoms in total. The molecule has 0 saturated carbocycles. The van der Waals surface area contributed by atoms with E-state index < -0.39 is 0 Å². The Labute approximate surface area is 148 Å². The van der Waals surface area contributed by atoms with Gasteiger partial charge in [-0.05, 0) is 31.5 Å². The number of hydrogen-bond acceptors (Lipinski definition) is 8. The van der Waals surface area contributed by atoms with Crippen LogP contribution in [0.25, 0.3) is 0 Å². The summed E-state index contributed by atoms with van der Waals surface area (Å²) in [6.45, 7) is 4.98. The zero-order chi connectivity index (χ0) is 16.9. The maximum absolute atomic E-state index is 12.1. The zero-order valence-corrected chi connectivity index (χ0v) is 15.0. The van der Waals surface area contributed by atoms with Crippen LogP contribution in [0.2, 0.25) is 0 Å². The van der Waals surface area contributed by atoms with Crippen LogP contribution in [0.15, 0.2) is 22.5 Å². The van der Waals surface area contributed by atoms with E-state index in [2.05, 4.69) is 20.8 Å². The van der Waals surface area contributed by atoms with Crippen LogP contribution in [0.5, 0.6) is 11.5 Å². The molecule has 2 aromatic rings. The summed E-state index contributed by atoms with van der Waals surface area (Å²) in [5.41, 5.74) is 0.975. The van der Waals surface area contributed by atoms with Crippen LogP contribution in [0, 0.1) is 0 Å². The number of thioether (sulfide) groups is 1. The van der Waals surface area contributed by atoms with Gasteiger partial charge in [0, 0.05) is 6.54 Å².